The second-order valence-electron chi connectivity index (χ2n) is 8.02. The van der Waals surface area contributed by atoms with Crippen LogP contribution in [0.2, 0.25) is 0 Å². The Morgan fingerprint density at radius 2 is 1.81 bits per heavy atom. The van der Waals surface area contributed by atoms with Gasteiger partial charge >= 0.3 is 0 Å². The number of nitrogens with zero attached hydrogens (tertiary/aromatic N) is 1. The molecule has 1 aliphatic heterocycles. The lowest BCUT2D eigenvalue weighted by atomic mass is 9.64. The fraction of sp³-hybridized carbons (Fsp3) is 0.875. The molecule has 0 aromatic carbocycles. The third-order valence-corrected chi connectivity index (χ3v) is 7.02. The first-order valence-electron chi connectivity index (χ1n) is 8.14. The molecule has 0 spiro atoms. The zero-order chi connectivity index (χ0) is 15.5. The fourth-order valence-corrected chi connectivity index (χ4v) is 4.61. The molecule has 2 bridgehead atoms. The average Bonchev–Trinajstić information content (AvgIpc) is 2.72. The second-order valence-corrected chi connectivity index (χ2v) is 8.02. The molecule has 2 N–H and O–H groups in total. The number of hydrogen-bond donors (Lipinski definition) is 2. The number of hydrazine groups is 1. The Labute approximate surface area is 127 Å². The van der Waals surface area contributed by atoms with Gasteiger partial charge in [-0.1, -0.05) is 20.8 Å². The summed E-state index contributed by atoms with van der Waals surface area (Å²) in [5, 5.41) is 2.04. The van der Waals surface area contributed by atoms with Gasteiger partial charge in [-0.3, -0.25) is 15.0 Å². The predicted molar refractivity (Wildman–Crippen MR) is 79.5 cm³/mol. The van der Waals surface area contributed by atoms with E-state index in [-0.39, 0.29) is 22.5 Å². The molecule has 1 heterocycles. The minimum absolute atomic E-state index is 0.0710. The topological polar surface area (TPSA) is 53.9 Å². The van der Waals surface area contributed by atoms with Gasteiger partial charge in [0, 0.05) is 11.8 Å². The van der Waals surface area contributed by atoms with Gasteiger partial charge in [0.2, 0.25) is 5.91 Å². The maximum atomic E-state index is 13.0. The Balaban J connectivity index is 1.77. The quantitative estimate of drug-likeness (QED) is 0.731. The minimum atomic E-state index is -0.505. The van der Waals surface area contributed by atoms with E-state index in [1.54, 1.807) is 0 Å². The Bertz CT molecular complexity index is 482. The first-order valence-corrected chi connectivity index (χ1v) is 8.14. The number of carbonyl (C=O) groups is 2. The van der Waals surface area contributed by atoms with Crippen LogP contribution in [0.1, 0.15) is 40.0 Å². The molecule has 0 aromatic heterocycles. The molecule has 0 unspecified atom stereocenters. The van der Waals surface area contributed by atoms with Crippen LogP contribution in [0.25, 0.3) is 0 Å². The molecule has 21 heavy (non-hydrogen) atoms. The summed E-state index contributed by atoms with van der Waals surface area (Å²) in [5.74, 6) is 0.346. The number of ketones is 1. The van der Waals surface area contributed by atoms with Crippen molar-refractivity contribution in [2.75, 3.05) is 33.2 Å². The number of rotatable bonds is 2. The van der Waals surface area contributed by atoms with Crippen molar-refractivity contribution in [2.24, 2.45) is 16.2 Å². The summed E-state index contributed by atoms with van der Waals surface area (Å²) in [5.41, 5.74) is 2.04. The van der Waals surface area contributed by atoms with Crippen molar-refractivity contribution in [3.63, 3.8) is 0 Å². The Kier molecular flexibility index (Phi) is 3.23. The highest BCUT2D eigenvalue weighted by molar-refractivity contribution is 5.99. The minimum Gasteiger partial charge on any atom is -0.335 e. The largest absolute Gasteiger partial charge is 0.335 e. The van der Waals surface area contributed by atoms with Crippen LogP contribution in [0, 0.1) is 16.2 Å². The predicted octanol–water partition coefficient (Wildman–Crippen LogP) is -0.367. The number of quaternary nitrogens is 1. The molecular formula is C16H28N3O2+. The Morgan fingerprint density at radius 1 is 1.19 bits per heavy atom. The summed E-state index contributed by atoms with van der Waals surface area (Å²) >= 11 is 0. The van der Waals surface area contributed by atoms with Crippen molar-refractivity contribution in [3.05, 3.63) is 0 Å². The molecule has 5 nitrogen and oxygen atoms in total. The van der Waals surface area contributed by atoms with Gasteiger partial charge in [0.1, 0.15) is 5.78 Å². The van der Waals surface area contributed by atoms with Crippen molar-refractivity contribution < 1.29 is 14.5 Å². The van der Waals surface area contributed by atoms with Crippen LogP contribution in [0.4, 0.5) is 0 Å². The first kappa shape index (κ1) is 15.0. The van der Waals surface area contributed by atoms with Gasteiger partial charge < -0.3 is 4.90 Å². The van der Waals surface area contributed by atoms with Gasteiger partial charge in [0.05, 0.1) is 38.6 Å². The van der Waals surface area contributed by atoms with Crippen LogP contribution in [-0.4, -0.2) is 49.9 Å². The molecule has 2 saturated carbocycles. The van der Waals surface area contributed by atoms with Gasteiger partial charge in [-0.25, -0.2) is 5.01 Å². The van der Waals surface area contributed by atoms with E-state index in [9.17, 15) is 9.59 Å². The lowest BCUT2D eigenvalue weighted by molar-refractivity contribution is -0.884. The van der Waals surface area contributed by atoms with Crippen molar-refractivity contribution in [1.82, 2.24) is 10.4 Å². The average molecular weight is 294 g/mol. The fourth-order valence-electron chi connectivity index (χ4n) is 4.61. The first-order chi connectivity index (χ1) is 9.73. The monoisotopic (exact) mass is 294 g/mol. The molecule has 118 valence electrons. The SMILES string of the molecule is C[NH+]1CCN(NC(=O)[C@@]23CC[C@@](C)(C(=O)C2)C3(C)C)CC1. The molecular weight excluding hydrogens is 266 g/mol. The van der Waals surface area contributed by atoms with E-state index in [1.165, 1.54) is 4.90 Å². The summed E-state index contributed by atoms with van der Waals surface area (Å²) in [7, 11) is 2.18. The third kappa shape index (κ3) is 1.83. The van der Waals surface area contributed by atoms with Crippen molar-refractivity contribution in [2.45, 2.75) is 40.0 Å². The number of hydrogen-bond acceptors (Lipinski definition) is 3. The van der Waals surface area contributed by atoms with E-state index >= 15 is 0 Å². The number of piperazine rings is 1. The number of likely N-dealkylation sites (N-methyl/N-ethyl adjacent to an activating group) is 1. The number of fused-ring (bicyclic) bond motifs is 2. The molecule has 3 aliphatic rings. The zero-order valence-corrected chi connectivity index (χ0v) is 13.7. The lowest BCUT2D eigenvalue weighted by Gasteiger charge is -2.40. The summed E-state index contributed by atoms with van der Waals surface area (Å²) in [6, 6.07) is 0. The lowest BCUT2D eigenvalue weighted by Crippen LogP contribution is -3.12. The summed E-state index contributed by atoms with van der Waals surface area (Å²) in [4.78, 5) is 26.9. The van der Waals surface area contributed by atoms with E-state index in [0.717, 1.165) is 39.0 Å². The van der Waals surface area contributed by atoms with Crippen molar-refractivity contribution in [1.29, 1.82) is 0 Å². The smallest absolute Gasteiger partial charge is 0.241 e. The molecule has 2 atom stereocenters. The van der Waals surface area contributed by atoms with Gasteiger partial charge in [-0.2, -0.15) is 0 Å². The normalized spacial score (nSPS) is 39.7. The van der Waals surface area contributed by atoms with Gasteiger partial charge in [0.25, 0.3) is 0 Å². The van der Waals surface area contributed by atoms with Crippen LogP contribution in [0.15, 0.2) is 0 Å². The molecule has 5 heteroatoms. The highest BCUT2D eigenvalue weighted by Gasteiger charge is 2.72. The van der Waals surface area contributed by atoms with Gasteiger partial charge in [0.15, 0.2) is 0 Å². The van der Waals surface area contributed by atoms with Crippen LogP contribution in [-0.2, 0) is 9.59 Å². The van der Waals surface area contributed by atoms with E-state index in [4.69, 9.17) is 0 Å². The molecule has 0 radical (unpaired) electrons. The van der Waals surface area contributed by atoms with Gasteiger partial charge in [-0.05, 0) is 18.3 Å². The third-order valence-electron chi connectivity index (χ3n) is 7.02. The number of carbonyl (C=O) groups excluding carboxylic acids is 2. The highest BCUT2D eigenvalue weighted by Crippen LogP contribution is 2.70. The van der Waals surface area contributed by atoms with E-state index in [0.29, 0.717) is 6.42 Å². The van der Waals surface area contributed by atoms with E-state index in [2.05, 4.69) is 33.2 Å². The summed E-state index contributed by atoms with van der Waals surface area (Å²) in [6.07, 6.45) is 2.10. The summed E-state index contributed by atoms with van der Waals surface area (Å²) < 4.78 is 0. The van der Waals surface area contributed by atoms with Crippen LogP contribution in [0.5, 0.6) is 0 Å². The number of Topliss-reactive ketones (excluding diaryl/α,β-unsaturated/α-hetero) is 1. The van der Waals surface area contributed by atoms with Crippen LogP contribution in [0.3, 0.4) is 0 Å². The molecule has 3 fully saturated rings. The number of amides is 1. The zero-order valence-electron chi connectivity index (χ0n) is 13.7. The second kappa shape index (κ2) is 4.53. The highest BCUT2D eigenvalue weighted by atomic mass is 16.2. The molecule has 2 aliphatic carbocycles. The van der Waals surface area contributed by atoms with Gasteiger partial charge in [-0.15, -0.1) is 0 Å². The Hall–Kier alpha value is -0.940. The van der Waals surface area contributed by atoms with Crippen LogP contribution < -0.4 is 10.3 Å². The van der Waals surface area contributed by atoms with Crippen LogP contribution >= 0.6 is 0 Å². The molecule has 1 amide bonds. The standard InChI is InChI=1S/C16H27N3O2/c1-14(2)15(3)5-6-16(14,11-12(15)20)13(21)17-19-9-7-18(4)8-10-19/h5-11H2,1-4H3,(H,17,21)/p+1/t15-,16+/m0/s1. The van der Waals surface area contributed by atoms with Crippen molar-refractivity contribution in [3.8, 4) is 0 Å². The van der Waals surface area contributed by atoms with E-state index in [1.807, 2.05) is 5.01 Å². The Morgan fingerprint density at radius 3 is 2.29 bits per heavy atom. The summed E-state index contributed by atoms with van der Waals surface area (Å²) in [6.45, 7) is 10.1. The molecule has 3 rings (SSSR count). The molecule has 0 aromatic rings. The maximum absolute atomic E-state index is 13.0. The van der Waals surface area contributed by atoms with Crippen molar-refractivity contribution >= 4 is 11.7 Å². The maximum Gasteiger partial charge on any atom is 0.241 e. The van der Waals surface area contributed by atoms with E-state index < -0.39 is 5.41 Å². The number of nitrogens with one attached hydrogen (secondary N) is 2. The molecule has 1 saturated heterocycles.